The fraction of sp³-hybridized carbons (Fsp3) is 0.562. The zero-order valence-corrected chi connectivity index (χ0v) is 28.5. The SMILES string of the molecule is CC(C)Oc1cccc2c1[O][67Ga][O]c1c(cccc1OC(C)C)C=NCC(C)(C)CNCCNCC(C)(C)CN=C2. The second kappa shape index (κ2) is 15.7. The number of nitrogens with zero attached hydrogens (tertiary/aromatic N) is 2. The average Bonchev–Trinajstić information content (AvgIpc) is 2.87. The summed E-state index contributed by atoms with van der Waals surface area (Å²) in [4.78, 5) is 9.63. The third-order valence-corrected chi connectivity index (χ3v) is 7.65. The molecule has 1 heterocycles. The molecule has 0 unspecified atom stereocenters. The fourth-order valence-electron chi connectivity index (χ4n) is 4.26. The van der Waals surface area contributed by atoms with Crippen LogP contribution >= 0.6 is 0 Å². The second-order valence-electron chi connectivity index (χ2n) is 12.6. The van der Waals surface area contributed by atoms with Gasteiger partial charge in [0.15, 0.2) is 0 Å². The van der Waals surface area contributed by atoms with Gasteiger partial charge in [-0.2, -0.15) is 0 Å². The topological polar surface area (TPSA) is 85.7 Å². The Bertz CT molecular complexity index is 1070. The molecule has 8 nitrogen and oxygen atoms in total. The minimum atomic E-state index is -1.74. The third-order valence-electron chi connectivity index (χ3n) is 6.26. The summed E-state index contributed by atoms with van der Waals surface area (Å²) in [5.41, 5.74) is 1.76. The molecule has 9 heteroatoms. The molecule has 0 aromatic heterocycles. The van der Waals surface area contributed by atoms with Crippen LogP contribution in [0.25, 0.3) is 0 Å². The summed E-state index contributed by atoms with van der Waals surface area (Å²) in [5.74, 6) is 2.70. The van der Waals surface area contributed by atoms with Gasteiger partial charge in [-0.3, -0.25) is 0 Å². The van der Waals surface area contributed by atoms with Crippen LogP contribution in [0, 0.1) is 10.8 Å². The zero-order valence-electron chi connectivity index (χ0n) is 26.1. The van der Waals surface area contributed by atoms with Crippen LogP contribution in [0.1, 0.15) is 66.5 Å². The summed E-state index contributed by atoms with van der Waals surface area (Å²) in [6.07, 6.45) is 3.79. The number of hydrogen-bond donors (Lipinski definition) is 2. The molecule has 0 saturated carbocycles. The van der Waals surface area contributed by atoms with Gasteiger partial charge in [0.25, 0.3) is 0 Å². The van der Waals surface area contributed by atoms with Gasteiger partial charge in [-0.15, -0.1) is 0 Å². The van der Waals surface area contributed by atoms with Crippen LogP contribution in [0.5, 0.6) is 23.0 Å². The van der Waals surface area contributed by atoms with E-state index < -0.39 is 18.1 Å². The Balaban J connectivity index is 1.96. The number of fused-ring (bicyclic) bond motifs is 2. The van der Waals surface area contributed by atoms with Crippen molar-refractivity contribution in [2.75, 3.05) is 39.3 Å². The number of ether oxygens (including phenoxy) is 2. The predicted molar refractivity (Wildman–Crippen MR) is 170 cm³/mol. The van der Waals surface area contributed by atoms with Crippen molar-refractivity contribution >= 4 is 30.6 Å². The molecule has 2 aromatic carbocycles. The van der Waals surface area contributed by atoms with Crippen LogP contribution in [0.2, 0.25) is 0 Å². The predicted octanol–water partition coefficient (Wildman–Crippen LogP) is 5.34. The quantitative estimate of drug-likeness (QED) is 0.450. The minimum absolute atomic E-state index is 0.00331. The van der Waals surface area contributed by atoms with Crippen molar-refractivity contribution in [3.05, 3.63) is 47.5 Å². The fourth-order valence-corrected chi connectivity index (χ4v) is 5.82. The summed E-state index contributed by atoms with van der Waals surface area (Å²) < 4.78 is 25.1. The van der Waals surface area contributed by atoms with Gasteiger partial charge in [-0.25, -0.2) is 0 Å². The van der Waals surface area contributed by atoms with E-state index in [1.807, 2.05) is 76.5 Å². The van der Waals surface area contributed by atoms with E-state index in [9.17, 15) is 0 Å². The molecule has 41 heavy (non-hydrogen) atoms. The molecule has 2 aromatic rings. The standard InChI is InChI=1S/C32H50N4O4.Ga/c1-23(2)39-27-13-9-11-25(29(27)37)17-35-21-31(5,6)19-33-15-16-34-20-32(7,8)22-36-18-26-12-10-14-28(30(26)38)40-24(3)4;/h9-14,17-18,23-24,33-34,37-38H,15-16,19-22H2,1-8H3;/q;+2/p-2/i;1-3. The molecule has 0 saturated heterocycles. The molecule has 0 aliphatic carbocycles. The van der Waals surface area contributed by atoms with Crippen molar-refractivity contribution in [2.45, 2.75) is 67.6 Å². The number of nitrogens with one attached hydrogen (secondary N) is 2. The molecule has 1 radical (unpaired) electrons. The number of hydrogen-bond acceptors (Lipinski definition) is 8. The molecular formula is C32H48GaN4O4. The monoisotopic (exact) mass is 619 g/mol. The Morgan fingerprint density at radius 2 is 1.12 bits per heavy atom. The van der Waals surface area contributed by atoms with Gasteiger partial charge in [0.05, 0.1) is 0 Å². The van der Waals surface area contributed by atoms with E-state index in [0.717, 1.165) is 37.3 Å². The van der Waals surface area contributed by atoms with Crippen LogP contribution in [0.3, 0.4) is 0 Å². The first-order valence-electron chi connectivity index (χ1n) is 14.6. The van der Waals surface area contributed by atoms with Crippen molar-refractivity contribution in [2.24, 2.45) is 20.8 Å². The van der Waals surface area contributed by atoms with Gasteiger partial charge in [0, 0.05) is 0 Å². The Labute approximate surface area is 255 Å². The molecule has 0 amide bonds. The number of para-hydroxylation sites is 2. The maximum absolute atomic E-state index is 6.42. The van der Waals surface area contributed by atoms with Crippen molar-refractivity contribution < 1.29 is 16.5 Å². The molecule has 0 atom stereocenters. The molecule has 3 rings (SSSR count). The maximum atomic E-state index is 6.42. The van der Waals surface area contributed by atoms with Crippen molar-refractivity contribution in [1.82, 2.24) is 10.6 Å². The van der Waals surface area contributed by atoms with Gasteiger partial charge < -0.3 is 0 Å². The van der Waals surface area contributed by atoms with Gasteiger partial charge in [0.1, 0.15) is 0 Å². The van der Waals surface area contributed by atoms with Crippen LogP contribution in [-0.2, 0) is 0 Å². The summed E-state index contributed by atoms with van der Waals surface area (Å²) >= 11 is -1.74. The first-order valence-corrected chi connectivity index (χ1v) is 16.6. The first kappa shape index (κ1) is 33.0. The molecule has 0 bridgehead atoms. The van der Waals surface area contributed by atoms with E-state index in [2.05, 4.69) is 38.3 Å². The first-order chi connectivity index (χ1) is 19.5. The van der Waals surface area contributed by atoms with Crippen molar-refractivity contribution in [1.29, 1.82) is 0 Å². The summed E-state index contributed by atoms with van der Waals surface area (Å²) in [5, 5.41) is 7.16. The normalized spacial score (nSPS) is 18.2. The Kier molecular flexibility index (Phi) is 12.6. The number of benzene rings is 2. The van der Waals surface area contributed by atoms with Crippen LogP contribution < -0.4 is 27.2 Å². The second-order valence-corrected chi connectivity index (χ2v) is 14.0. The molecule has 2 N–H and O–H groups in total. The van der Waals surface area contributed by atoms with Crippen LogP contribution in [0.4, 0.5) is 0 Å². The van der Waals surface area contributed by atoms with Gasteiger partial charge in [0.2, 0.25) is 0 Å². The van der Waals surface area contributed by atoms with Gasteiger partial charge in [-0.05, 0) is 0 Å². The Morgan fingerprint density at radius 1 is 0.707 bits per heavy atom. The number of rotatable bonds is 4. The number of aliphatic imine (C=N–C) groups is 2. The molecule has 0 spiro atoms. The van der Waals surface area contributed by atoms with E-state index in [1.165, 1.54) is 0 Å². The van der Waals surface area contributed by atoms with Gasteiger partial charge in [-0.1, -0.05) is 0 Å². The van der Waals surface area contributed by atoms with Crippen LogP contribution in [-0.4, -0.2) is 82.0 Å². The summed E-state index contributed by atoms with van der Waals surface area (Å²) in [7, 11) is 0. The molecule has 223 valence electrons. The zero-order chi connectivity index (χ0) is 29.9. The van der Waals surface area contributed by atoms with E-state index >= 15 is 0 Å². The van der Waals surface area contributed by atoms with E-state index in [-0.39, 0.29) is 23.0 Å². The van der Waals surface area contributed by atoms with Crippen molar-refractivity contribution in [3.8, 4) is 23.0 Å². The Morgan fingerprint density at radius 3 is 1.51 bits per heavy atom. The summed E-state index contributed by atoms with van der Waals surface area (Å²) in [6, 6.07) is 11.8. The van der Waals surface area contributed by atoms with E-state index in [1.54, 1.807) is 0 Å². The molecule has 1 aliphatic rings. The van der Waals surface area contributed by atoms with E-state index in [0.29, 0.717) is 36.1 Å². The average molecular weight is 620 g/mol. The van der Waals surface area contributed by atoms with Crippen LogP contribution in [0.15, 0.2) is 46.4 Å². The Hall–Kier alpha value is -2.46. The molecule has 0 fully saturated rings. The van der Waals surface area contributed by atoms with Gasteiger partial charge >= 0.3 is 256 Å². The third kappa shape index (κ3) is 11.4. The molecule has 1 aliphatic heterocycles. The summed E-state index contributed by atoms with van der Waals surface area (Å²) in [6.45, 7) is 21.9. The van der Waals surface area contributed by atoms with E-state index in [4.69, 9.17) is 26.5 Å². The molecular weight excluding hydrogens is 571 g/mol. The van der Waals surface area contributed by atoms with Crippen molar-refractivity contribution in [3.63, 3.8) is 0 Å².